The van der Waals surface area contributed by atoms with E-state index in [0.717, 1.165) is 5.75 Å². The molecule has 2 N–H and O–H groups in total. The van der Waals surface area contributed by atoms with Crippen molar-refractivity contribution in [3.63, 3.8) is 0 Å². The van der Waals surface area contributed by atoms with Crippen molar-refractivity contribution in [1.82, 2.24) is 5.32 Å². The Balaban J connectivity index is 2.69. The van der Waals surface area contributed by atoms with Gasteiger partial charge in [0.25, 0.3) is 5.91 Å². The Hall–Kier alpha value is -0.910. The number of benzene rings is 1. The summed E-state index contributed by atoms with van der Waals surface area (Å²) in [6.45, 7) is 1.89. The second-order valence-corrected chi connectivity index (χ2v) is 6.19. The van der Waals surface area contributed by atoms with E-state index in [9.17, 15) is 9.90 Å². The summed E-state index contributed by atoms with van der Waals surface area (Å²) in [6, 6.07) is 4.85. The highest BCUT2D eigenvalue weighted by Gasteiger charge is 2.22. The van der Waals surface area contributed by atoms with Crippen LogP contribution in [0.3, 0.4) is 0 Å². The Labute approximate surface area is 128 Å². The van der Waals surface area contributed by atoms with Crippen LogP contribution in [-0.4, -0.2) is 42.3 Å². The predicted octanol–water partition coefficient (Wildman–Crippen LogP) is 2.58. The molecule has 0 bridgehead atoms. The highest BCUT2D eigenvalue weighted by molar-refractivity contribution is 7.98. The lowest BCUT2D eigenvalue weighted by atomic mass is 10.0. The van der Waals surface area contributed by atoms with Crippen LogP contribution in [0.25, 0.3) is 0 Å². The van der Waals surface area contributed by atoms with Gasteiger partial charge in [-0.15, -0.1) is 0 Å². The minimum absolute atomic E-state index is 0.183. The van der Waals surface area contributed by atoms with E-state index in [1.54, 1.807) is 36.9 Å². The Morgan fingerprint density at radius 2 is 2.25 bits per heavy atom. The van der Waals surface area contributed by atoms with E-state index in [2.05, 4.69) is 5.32 Å². The maximum Gasteiger partial charge on any atom is 0.255 e. The quantitative estimate of drug-likeness (QED) is 0.811. The van der Waals surface area contributed by atoms with Gasteiger partial charge in [-0.05, 0) is 43.6 Å². The first kappa shape index (κ1) is 17.1. The number of methoxy groups -OCH3 is 1. The van der Waals surface area contributed by atoms with Gasteiger partial charge in [-0.1, -0.05) is 11.6 Å². The van der Waals surface area contributed by atoms with Gasteiger partial charge < -0.3 is 15.2 Å². The van der Waals surface area contributed by atoms with Crippen molar-refractivity contribution < 1.29 is 14.6 Å². The van der Waals surface area contributed by atoms with Gasteiger partial charge in [-0.2, -0.15) is 11.8 Å². The Bertz CT molecular complexity index is 466. The summed E-state index contributed by atoms with van der Waals surface area (Å²) in [5, 5.41) is 13.3. The molecule has 0 aliphatic heterocycles. The topological polar surface area (TPSA) is 58.6 Å². The number of carbonyl (C=O) groups excluding carboxylic acids is 1. The number of amides is 1. The van der Waals surface area contributed by atoms with E-state index in [-0.39, 0.29) is 12.5 Å². The fourth-order valence-electron chi connectivity index (χ4n) is 1.63. The van der Waals surface area contributed by atoms with Crippen molar-refractivity contribution >= 4 is 29.3 Å². The van der Waals surface area contributed by atoms with Crippen LogP contribution < -0.4 is 10.1 Å². The maximum absolute atomic E-state index is 12.1. The number of carbonyl (C=O) groups is 1. The Morgan fingerprint density at radius 1 is 1.55 bits per heavy atom. The third kappa shape index (κ3) is 5.23. The molecule has 0 aromatic heterocycles. The molecular formula is C14H20ClNO3S. The molecule has 1 unspecified atom stereocenters. The highest BCUT2D eigenvalue weighted by Crippen LogP contribution is 2.22. The van der Waals surface area contributed by atoms with Gasteiger partial charge in [-0.25, -0.2) is 0 Å². The molecule has 1 amide bonds. The van der Waals surface area contributed by atoms with Crippen molar-refractivity contribution in [1.29, 1.82) is 0 Å². The fraction of sp³-hybridized carbons (Fsp3) is 0.500. The van der Waals surface area contributed by atoms with Crippen molar-refractivity contribution in [2.24, 2.45) is 0 Å². The van der Waals surface area contributed by atoms with E-state index in [1.807, 2.05) is 6.26 Å². The standard InChI is InChI=1S/C14H20ClNO3S/c1-14(18,6-7-20-3)9-16-13(17)11-8-10(15)4-5-12(11)19-2/h4-5,8,18H,6-7,9H2,1-3H3,(H,16,17). The number of hydrogen-bond donors (Lipinski definition) is 2. The third-order valence-electron chi connectivity index (χ3n) is 2.88. The van der Waals surface area contributed by atoms with E-state index in [1.165, 1.54) is 7.11 Å². The molecule has 0 saturated carbocycles. The second kappa shape index (κ2) is 7.76. The van der Waals surface area contributed by atoms with Crippen molar-refractivity contribution in [2.75, 3.05) is 25.7 Å². The van der Waals surface area contributed by atoms with Crippen molar-refractivity contribution in [2.45, 2.75) is 18.9 Å². The van der Waals surface area contributed by atoms with Gasteiger partial charge in [-0.3, -0.25) is 4.79 Å². The largest absolute Gasteiger partial charge is 0.496 e. The lowest BCUT2D eigenvalue weighted by Gasteiger charge is -2.23. The number of ether oxygens (including phenoxy) is 1. The minimum atomic E-state index is -0.926. The monoisotopic (exact) mass is 317 g/mol. The summed E-state index contributed by atoms with van der Waals surface area (Å²) in [4.78, 5) is 12.1. The van der Waals surface area contributed by atoms with Gasteiger partial charge >= 0.3 is 0 Å². The zero-order valence-electron chi connectivity index (χ0n) is 11.9. The zero-order chi connectivity index (χ0) is 15.2. The van der Waals surface area contributed by atoms with Crippen LogP contribution in [-0.2, 0) is 0 Å². The third-order valence-corrected chi connectivity index (χ3v) is 3.73. The second-order valence-electron chi connectivity index (χ2n) is 4.77. The van der Waals surface area contributed by atoms with Crippen LogP contribution in [0.15, 0.2) is 18.2 Å². The van der Waals surface area contributed by atoms with E-state index >= 15 is 0 Å². The van der Waals surface area contributed by atoms with Gasteiger partial charge in [0, 0.05) is 11.6 Å². The number of nitrogens with one attached hydrogen (secondary N) is 1. The number of thioether (sulfide) groups is 1. The Morgan fingerprint density at radius 3 is 2.85 bits per heavy atom. The van der Waals surface area contributed by atoms with Crippen molar-refractivity contribution in [3.05, 3.63) is 28.8 Å². The van der Waals surface area contributed by atoms with Crippen LogP contribution >= 0.6 is 23.4 Å². The summed E-state index contributed by atoms with van der Waals surface area (Å²) in [5.41, 5.74) is -0.564. The molecule has 112 valence electrons. The van der Waals surface area contributed by atoms with E-state index in [4.69, 9.17) is 16.3 Å². The molecule has 0 saturated heterocycles. The van der Waals surface area contributed by atoms with E-state index < -0.39 is 5.60 Å². The van der Waals surface area contributed by atoms with Crippen LogP contribution in [0, 0.1) is 0 Å². The molecule has 4 nitrogen and oxygen atoms in total. The summed E-state index contributed by atoms with van der Waals surface area (Å²) < 4.78 is 5.13. The lowest BCUT2D eigenvalue weighted by Crippen LogP contribution is -2.41. The SMILES string of the molecule is COc1ccc(Cl)cc1C(=O)NCC(C)(O)CCSC. The highest BCUT2D eigenvalue weighted by atomic mass is 35.5. The van der Waals surface area contributed by atoms with Gasteiger partial charge in [0.15, 0.2) is 0 Å². The van der Waals surface area contributed by atoms with E-state index in [0.29, 0.717) is 22.8 Å². The molecule has 6 heteroatoms. The lowest BCUT2D eigenvalue weighted by molar-refractivity contribution is 0.0527. The number of hydrogen-bond acceptors (Lipinski definition) is 4. The number of rotatable bonds is 7. The summed E-state index contributed by atoms with van der Waals surface area (Å²) >= 11 is 7.55. The van der Waals surface area contributed by atoms with Crippen LogP contribution in [0.2, 0.25) is 5.02 Å². The molecule has 1 aromatic rings. The van der Waals surface area contributed by atoms with Crippen LogP contribution in [0.5, 0.6) is 5.75 Å². The Kier molecular flexibility index (Phi) is 6.65. The molecule has 0 aliphatic rings. The molecule has 20 heavy (non-hydrogen) atoms. The number of halogens is 1. The van der Waals surface area contributed by atoms with Gasteiger partial charge in [0.2, 0.25) is 0 Å². The molecular weight excluding hydrogens is 298 g/mol. The molecule has 0 fully saturated rings. The summed E-state index contributed by atoms with van der Waals surface area (Å²) in [5.74, 6) is 0.980. The molecule has 0 spiro atoms. The average Bonchev–Trinajstić information content (AvgIpc) is 2.42. The first-order chi connectivity index (χ1) is 9.39. The number of aliphatic hydroxyl groups is 1. The van der Waals surface area contributed by atoms with Crippen LogP contribution in [0.4, 0.5) is 0 Å². The molecule has 1 rings (SSSR count). The molecule has 0 heterocycles. The van der Waals surface area contributed by atoms with Gasteiger partial charge in [0.1, 0.15) is 5.75 Å². The molecule has 1 aromatic carbocycles. The van der Waals surface area contributed by atoms with Crippen molar-refractivity contribution in [3.8, 4) is 5.75 Å². The summed E-state index contributed by atoms with van der Waals surface area (Å²) in [7, 11) is 1.49. The first-order valence-corrected chi connectivity index (χ1v) is 8.00. The molecule has 1 atom stereocenters. The minimum Gasteiger partial charge on any atom is -0.496 e. The molecule has 0 aliphatic carbocycles. The average molecular weight is 318 g/mol. The van der Waals surface area contributed by atoms with Crippen LogP contribution in [0.1, 0.15) is 23.7 Å². The fourth-order valence-corrected chi connectivity index (χ4v) is 2.45. The maximum atomic E-state index is 12.1. The normalized spacial score (nSPS) is 13.7. The predicted molar refractivity (Wildman–Crippen MR) is 84.0 cm³/mol. The molecule has 0 radical (unpaired) electrons. The summed E-state index contributed by atoms with van der Waals surface area (Å²) in [6.07, 6.45) is 2.59. The zero-order valence-corrected chi connectivity index (χ0v) is 13.5. The first-order valence-electron chi connectivity index (χ1n) is 6.22. The smallest absolute Gasteiger partial charge is 0.255 e. The van der Waals surface area contributed by atoms with Gasteiger partial charge in [0.05, 0.1) is 18.3 Å².